The molecule has 99 valence electrons. The van der Waals surface area contributed by atoms with Crippen molar-refractivity contribution in [3.05, 3.63) is 20.2 Å². The Morgan fingerprint density at radius 2 is 1.29 bits per heavy atom. The van der Waals surface area contributed by atoms with Crippen molar-refractivity contribution in [3.63, 3.8) is 0 Å². The van der Waals surface area contributed by atoms with Crippen LogP contribution in [0.4, 0.5) is 0 Å². The van der Waals surface area contributed by atoms with E-state index >= 15 is 0 Å². The molecule has 0 aromatic carbocycles. The first-order valence-corrected chi connectivity index (χ1v) is 4.93. The van der Waals surface area contributed by atoms with Crippen molar-refractivity contribution in [2.24, 2.45) is 0 Å². The maximum atomic E-state index is 11.5. The average Bonchev–Trinajstić information content (AvgIpc) is 2.28. The average molecular weight is 250 g/mol. The zero-order valence-corrected chi connectivity index (χ0v) is 10.2. The molecule has 1 heterocycles. The van der Waals surface area contributed by atoms with Gasteiger partial charge in [-0.1, -0.05) is 0 Å². The van der Waals surface area contributed by atoms with E-state index in [9.17, 15) is 5.21 Å². The summed E-state index contributed by atoms with van der Waals surface area (Å²) in [7, 11) is 0. The molecule has 0 amide bonds. The van der Waals surface area contributed by atoms with Gasteiger partial charge in [0.25, 0.3) is 0 Å². The summed E-state index contributed by atoms with van der Waals surface area (Å²) in [6, 6.07) is 0. The third kappa shape index (κ3) is 4.91. The molecule has 1 radical (unpaired) electrons. The second kappa shape index (κ2) is 5.23. The predicted molar refractivity (Wildman–Crippen MR) is 55.0 cm³/mol. The number of rotatable bonds is 2. The Bertz CT molecular complexity index is 276. The lowest BCUT2D eigenvalue weighted by atomic mass is 10.0. The molecular formula is C8H16N3O6. The van der Waals surface area contributed by atoms with Gasteiger partial charge in [0.15, 0.2) is 0 Å². The molecular weight excluding hydrogens is 234 g/mol. The van der Waals surface area contributed by atoms with Gasteiger partial charge in [0.2, 0.25) is 0 Å². The molecule has 0 aliphatic carbocycles. The van der Waals surface area contributed by atoms with Crippen molar-refractivity contribution in [1.82, 2.24) is 5.06 Å². The van der Waals surface area contributed by atoms with Gasteiger partial charge < -0.3 is 0 Å². The minimum Gasteiger partial charge on any atom is -0.144 e. The second-order valence-corrected chi connectivity index (χ2v) is 4.95. The molecule has 0 aromatic rings. The van der Waals surface area contributed by atoms with E-state index in [-0.39, 0.29) is 11.1 Å². The van der Waals surface area contributed by atoms with Crippen LogP contribution in [0.25, 0.3) is 0 Å². The molecule has 1 aliphatic rings. The Labute approximate surface area is 98.1 Å². The second-order valence-electron chi connectivity index (χ2n) is 4.95. The first-order chi connectivity index (χ1) is 7.49. The number of hydrogen-bond acceptors (Lipinski definition) is 6. The van der Waals surface area contributed by atoms with E-state index in [1.165, 1.54) is 5.06 Å². The molecule has 0 aromatic heterocycles. The van der Waals surface area contributed by atoms with Gasteiger partial charge >= 0.3 is 10.2 Å². The van der Waals surface area contributed by atoms with Crippen LogP contribution in [0.2, 0.25) is 0 Å². The van der Waals surface area contributed by atoms with Crippen LogP contribution >= 0.6 is 0 Å². The van der Waals surface area contributed by atoms with Gasteiger partial charge in [-0.25, -0.2) is 0 Å². The van der Waals surface area contributed by atoms with Crippen molar-refractivity contribution >= 4 is 0 Å². The summed E-state index contributed by atoms with van der Waals surface area (Å²) >= 11 is 0. The highest BCUT2D eigenvalue weighted by Crippen LogP contribution is 2.38. The highest BCUT2D eigenvalue weighted by Gasteiger charge is 2.45. The number of hydrogen-bond donors (Lipinski definition) is 0. The van der Waals surface area contributed by atoms with Gasteiger partial charge in [-0.2, -0.15) is 0 Å². The van der Waals surface area contributed by atoms with Crippen LogP contribution in [0.5, 0.6) is 0 Å². The van der Waals surface area contributed by atoms with Crippen molar-refractivity contribution < 1.29 is 20.3 Å². The number of nitrogens with zero attached hydrogens (tertiary/aromatic N) is 3. The molecule has 1 rings (SSSR count). The topological polar surface area (TPSA) is 119 Å². The van der Waals surface area contributed by atoms with Crippen LogP contribution in [0.15, 0.2) is 0 Å². The molecule has 1 aliphatic heterocycles. The van der Waals surface area contributed by atoms with Gasteiger partial charge in [0.1, 0.15) is 0 Å². The van der Waals surface area contributed by atoms with E-state index in [1.54, 1.807) is 0 Å². The van der Waals surface area contributed by atoms with Crippen molar-refractivity contribution in [1.29, 1.82) is 0 Å². The van der Waals surface area contributed by atoms with Crippen molar-refractivity contribution in [2.75, 3.05) is 0 Å². The van der Waals surface area contributed by atoms with Gasteiger partial charge in [0, 0.05) is 16.0 Å². The molecule has 0 N–H and O–H groups in total. The third-order valence-corrected chi connectivity index (χ3v) is 2.58. The molecule has 0 bridgehead atoms. The first-order valence-electron chi connectivity index (χ1n) is 4.93. The largest absolute Gasteiger partial charge is 0.356 e. The smallest absolute Gasteiger partial charge is 0.144 e. The van der Waals surface area contributed by atoms with E-state index in [1.807, 2.05) is 27.7 Å². The molecule has 0 spiro atoms. The van der Waals surface area contributed by atoms with Crippen LogP contribution in [0.1, 0.15) is 40.5 Å². The standard InChI is InChI=1S/C8H16NO.N2O5/c1-7(2)5-6-8(3,4)9(7)10;3-1(4)7-2(5)6/h5-6H2,1-4H3;. The van der Waals surface area contributed by atoms with E-state index in [4.69, 9.17) is 20.2 Å². The molecule has 1 saturated heterocycles. The van der Waals surface area contributed by atoms with E-state index < -0.39 is 10.2 Å². The van der Waals surface area contributed by atoms with Crippen LogP contribution in [-0.2, 0) is 10.1 Å². The monoisotopic (exact) mass is 250 g/mol. The van der Waals surface area contributed by atoms with Crippen molar-refractivity contribution in [2.45, 2.75) is 51.6 Å². The lowest BCUT2D eigenvalue weighted by Crippen LogP contribution is -2.44. The Kier molecular flexibility index (Phi) is 4.78. The Hall–Kier alpha value is -1.48. The summed E-state index contributed by atoms with van der Waals surface area (Å²) in [6.07, 6.45) is 2.03. The lowest BCUT2D eigenvalue weighted by Gasteiger charge is -2.31. The molecule has 0 atom stereocenters. The maximum Gasteiger partial charge on any atom is 0.356 e. The lowest BCUT2D eigenvalue weighted by molar-refractivity contribution is -1.03. The minimum atomic E-state index is -1.50. The fourth-order valence-electron chi connectivity index (χ4n) is 1.69. The molecule has 1 fully saturated rings. The molecule has 17 heavy (non-hydrogen) atoms. The zero-order valence-electron chi connectivity index (χ0n) is 10.2. The summed E-state index contributed by atoms with van der Waals surface area (Å²) in [5.41, 5.74) is -0.271. The maximum absolute atomic E-state index is 11.5. The van der Waals surface area contributed by atoms with Gasteiger partial charge in [-0.15, -0.1) is 30.5 Å². The molecule has 0 unspecified atom stereocenters. The fourth-order valence-corrected chi connectivity index (χ4v) is 1.69. The van der Waals surface area contributed by atoms with E-state index in [2.05, 4.69) is 4.94 Å². The SMILES string of the molecule is CC1(C)CCC(C)(C)N1[O].O=[N+]([O-])O[N+](=O)[O-]. The van der Waals surface area contributed by atoms with Crippen LogP contribution in [0.3, 0.4) is 0 Å². The van der Waals surface area contributed by atoms with E-state index in [0.29, 0.717) is 0 Å². The normalized spacial score (nSPS) is 21.2. The summed E-state index contributed by atoms with van der Waals surface area (Å²) in [5.74, 6) is 0. The Morgan fingerprint density at radius 1 is 1.00 bits per heavy atom. The Morgan fingerprint density at radius 3 is 1.35 bits per heavy atom. The number of hydroxylamine groups is 2. The van der Waals surface area contributed by atoms with Gasteiger partial charge in [0.05, 0.1) is 0 Å². The molecule has 9 heteroatoms. The van der Waals surface area contributed by atoms with Crippen molar-refractivity contribution in [3.8, 4) is 0 Å². The zero-order chi connectivity index (χ0) is 13.9. The van der Waals surface area contributed by atoms with E-state index in [0.717, 1.165) is 12.8 Å². The van der Waals surface area contributed by atoms with Crippen LogP contribution < -0.4 is 0 Å². The van der Waals surface area contributed by atoms with Gasteiger partial charge in [-0.3, -0.25) is 0 Å². The van der Waals surface area contributed by atoms with Crippen LogP contribution in [0, 0.1) is 20.2 Å². The highest BCUT2D eigenvalue weighted by atomic mass is 17.1. The predicted octanol–water partition coefficient (Wildman–Crippen LogP) is 1.37. The third-order valence-electron chi connectivity index (χ3n) is 2.58. The Balaban J connectivity index is 0.000000325. The quantitative estimate of drug-likeness (QED) is 0.539. The first kappa shape index (κ1) is 15.5. The minimum absolute atomic E-state index is 0.135. The van der Waals surface area contributed by atoms with Gasteiger partial charge in [-0.05, 0) is 40.5 Å². The van der Waals surface area contributed by atoms with Crippen LogP contribution in [-0.4, -0.2) is 26.3 Å². The highest BCUT2D eigenvalue weighted by molar-refractivity contribution is 4.95. The fraction of sp³-hybridized carbons (Fsp3) is 1.00. The summed E-state index contributed by atoms with van der Waals surface area (Å²) in [5, 5.41) is 27.6. The molecule has 9 nitrogen and oxygen atoms in total. The summed E-state index contributed by atoms with van der Waals surface area (Å²) in [4.78, 5) is 20.6. The summed E-state index contributed by atoms with van der Waals surface area (Å²) < 4.78 is 0. The molecule has 0 saturated carbocycles. The summed E-state index contributed by atoms with van der Waals surface area (Å²) in [6.45, 7) is 8.03.